The summed E-state index contributed by atoms with van der Waals surface area (Å²) in [5.74, 6) is 0.939. The molecule has 9 nitrogen and oxygen atoms in total. The van der Waals surface area contributed by atoms with Gasteiger partial charge in [0.15, 0.2) is 0 Å². The molecule has 0 unspecified atom stereocenters. The third-order valence-electron chi connectivity index (χ3n) is 7.04. The summed E-state index contributed by atoms with van der Waals surface area (Å²) in [5, 5.41) is 12.3. The Labute approximate surface area is 203 Å². The lowest BCUT2D eigenvalue weighted by atomic mass is 10.0. The Morgan fingerprint density at radius 1 is 1.35 bits per heavy atom. The molecular formula is C24H28ClN7O2. The highest BCUT2D eigenvalue weighted by atomic mass is 35.5. The van der Waals surface area contributed by atoms with E-state index in [0.717, 1.165) is 47.7 Å². The lowest BCUT2D eigenvalue weighted by Crippen LogP contribution is -2.34. The second-order valence-corrected chi connectivity index (χ2v) is 9.76. The SMILES string of the molecule is COc1cc([C@@H](C)C(=O)N2C[C@@H](Nc3ccc(-c4cn(C)nn4)c(C)n3)C3(CC3)C2)c(Cl)cn1. The number of halogens is 1. The van der Waals surface area contributed by atoms with E-state index in [2.05, 4.69) is 20.6 Å². The minimum atomic E-state index is -0.384. The molecule has 0 bridgehead atoms. The van der Waals surface area contributed by atoms with Crippen LogP contribution in [0.2, 0.25) is 5.02 Å². The van der Waals surface area contributed by atoms with Gasteiger partial charge in [0.1, 0.15) is 11.5 Å². The number of hydrogen-bond acceptors (Lipinski definition) is 7. The minimum Gasteiger partial charge on any atom is -0.481 e. The molecule has 2 fully saturated rings. The number of aryl methyl sites for hydroxylation is 2. The second kappa shape index (κ2) is 8.54. The molecule has 1 saturated heterocycles. The monoisotopic (exact) mass is 481 g/mol. The highest BCUT2D eigenvalue weighted by Gasteiger charge is 2.56. The van der Waals surface area contributed by atoms with Crippen molar-refractivity contribution in [2.75, 3.05) is 25.5 Å². The molecule has 2 atom stereocenters. The molecule has 1 aliphatic carbocycles. The third-order valence-corrected chi connectivity index (χ3v) is 7.36. The van der Waals surface area contributed by atoms with Crippen molar-refractivity contribution in [1.29, 1.82) is 0 Å². The number of ether oxygens (including phenoxy) is 1. The van der Waals surface area contributed by atoms with E-state index in [9.17, 15) is 4.79 Å². The molecule has 0 radical (unpaired) electrons. The van der Waals surface area contributed by atoms with Crippen LogP contribution < -0.4 is 10.1 Å². The van der Waals surface area contributed by atoms with E-state index >= 15 is 0 Å². The first-order valence-corrected chi connectivity index (χ1v) is 11.8. The van der Waals surface area contributed by atoms with Gasteiger partial charge in [-0.15, -0.1) is 5.10 Å². The first kappa shape index (κ1) is 22.6. The molecule has 1 saturated carbocycles. The van der Waals surface area contributed by atoms with Crippen LogP contribution in [0.3, 0.4) is 0 Å². The van der Waals surface area contributed by atoms with Crippen LogP contribution in [0.25, 0.3) is 11.3 Å². The van der Waals surface area contributed by atoms with E-state index < -0.39 is 0 Å². The van der Waals surface area contributed by atoms with Crippen molar-refractivity contribution in [2.24, 2.45) is 12.5 Å². The lowest BCUT2D eigenvalue weighted by molar-refractivity contribution is -0.131. The van der Waals surface area contributed by atoms with Crippen molar-refractivity contribution in [2.45, 2.75) is 38.6 Å². The smallest absolute Gasteiger partial charge is 0.229 e. The summed E-state index contributed by atoms with van der Waals surface area (Å²) in [6.07, 6.45) is 5.62. The number of likely N-dealkylation sites (tertiary alicyclic amines) is 1. The standard InChI is InChI=1S/C24H28ClN7O2/c1-14(17-9-22(34-4)26-10-18(17)25)23(33)32-12-20(24(13-32)7-8-24)28-21-6-5-16(15(2)27-21)19-11-31(3)30-29-19/h5-6,9-11,14,20H,7-8,12-13H2,1-4H3,(H,27,28)/t14-,20-/m1/s1. The van der Waals surface area contributed by atoms with Crippen LogP contribution >= 0.6 is 11.6 Å². The minimum absolute atomic E-state index is 0.0628. The Morgan fingerprint density at radius 3 is 2.79 bits per heavy atom. The molecule has 0 aromatic carbocycles. The number of nitrogens with zero attached hydrogens (tertiary/aromatic N) is 6. The van der Waals surface area contributed by atoms with Crippen molar-refractivity contribution in [3.8, 4) is 17.1 Å². The Morgan fingerprint density at radius 2 is 2.15 bits per heavy atom. The Balaban J connectivity index is 1.31. The normalized spacial score (nSPS) is 19.3. The summed E-state index contributed by atoms with van der Waals surface area (Å²) in [7, 11) is 3.40. The topological polar surface area (TPSA) is 98.1 Å². The number of amides is 1. The van der Waals surface area contributed by atoms with Gasteiger partial charge in [0, 0.05) is 49.1 Å². The third kappa shape index (κ3) is 4.09. The quantitative estimate of drug-likeness (QED) is 0.575. The second-order valence-electron chi connectivity index (χ2n) is 9.35. The van der Waals surface area contributed by atoms with E-state index in [1.165, 1.54) is 6.20 Å². The van der Waals surface area contributed by atoms with Crippen molar-refractivity contribution >= 4 is 23.3 Å². The van der Waals surface area contributed by atoms with Gasteiger partial charge < -0.3 is 15.0 Å². The zero-order valence-electron chi connectivity index (χ0n) is 19.7. The zero-order valence-corrected chi connectivity index (χ0v) is 20.5. The molecule has 10 heteroatoms. The largest absolute Gasteiger partial charge is 0.481 e. The van der Waals surface area contributed by atoms with E-state index in [-0.39, 0.29) is 23.3 Å². The number of carbonyl (C=O) groups excluding carboxylic acids is 1. The van der Waals surface area contributed by atoms with Crippen LogP contribution in [-0.4, -0.2) is 62.0 Å². The lowest BCUT2D eigenvalue weighted by Gasteiger charge is -2.22. The van der Waals surface area contributed by atoms with E-state index in [1.807, 2.05) is 44.1 Å². The van der Waals surface area contributed by atoms with Crippen molar-refractivity contribution in [1.82, 2.24) is 29.9 Å². The first-order chi connectivity index (χ1) is 16.3. The molecule has 34 heavy (non-hydrogen) atoms. The average molecular weight is 482 g/mol. The van der Waals surface area contributed by atoms with Crippen LogP contribution in [-0.2, 0) is 11.8 Å². The number of pyridine rings is 2. The maximum absolute atomic E-state index is 13.4. The summed E-state index contributed by atoms with van der Waals surface area (Å²) in [5.41, 5.74) is 3.49. The van der Waals surface area contributed by atoms with Gasteiger partial charge in [-0.05, 0) is 44.4 Å². The molecule has 1 spiro atoms. The van der Waals surface area contributed by atoms with Crippen LogP contribution in [0, 0.1) is 12.3 Å². The van der Waals surface area contributed by atoms with Crippen LogP contribution in [0.4, 0.5) is 5.82 Å². The predicted octanol–water partition coefficient (Wildman–Crippen LogP) is 3.45. The number of methoxy groups -OCH3 is 1. The van der Waals surface area contributed by atoms with Crippen LogP contribution in [0.1, 0.15) is 36.9 Å². The zero-order chi connectivity index (χ0) is 24.0. The number of carbonyl (C=O) groups is 1. The van der Waals surface area contributed by atoms with E-state index in [1.54, 1.807) is 17.9 Å². The molecular weight excluding hydrogens is 454 g/mol. The highest BCUT2D eigenvalue weighted by molar-refractivity contribution is 6.31. The Hall–Kier alpha value is -3.20. The fraction of sp³-hybridized carbons (Fsp3) is 0.458. The van der Waals surface area contributed by atoms with Gasteiger partial charge in [0.2, 0.25) is 11.8 Å². The van der Waals surface area contributed by atoms with Gasteiger partial charge >= 0.3 is 0 Å². The maximum Gasteiger partial charge on any atom is 0.229 e. The summed E-state index contributed by atoms with van der Waals surface area (Å²) >= 11 is 6.36. The van der Waals surface area contributed by atoms with Gasteiger partial charge in [0.05, 0.1) is 30.3 Å². The summed E-state index contributed by atoms with van der Waals surface area (Å²) < 4.78 is 6.90. The van der Waals surface area contributed by atoms with Gasteiger partial charge in [-0.3, -0.25) is 9.48 Å². The molecule has 5 rings (SSSR count). The van der Waals surface area contributed by atoms with Crippen molar-refractivity contribution in [3.63, 3.8) is 0 Å². The summed E-state index contributed by atoms with van der Waals surface area (Å²) in [4.78, 5) is 24.3. The van der Waals surface area contributed by atoms with Crippen LogP contribution in [0.15, 0.2) is 30.6 Å². The summed E-state index contributed by atoms with van der Waals surface area (Å²) in [6.45, 7) is 5.24. The predicted molar refractivity (Wildman–Crippen MR) is 129 cm³/mol. The van der Waals surface area contributed by atoms with Gasteiger partial charge in [-0.25, -0.2) is 9.97 Å². The number of nitrogens with one attached hydrogen (secondary N) is 1. The number of anilines is 1. The number of aromatic nitrogens is 5. The summed E-state index contributed by atoms with van der Waals surface area (Å²) in [6, 6.07) is 5.89. The fourth-order valence-corrected chi connectivity index (χ4v) is 5.12. The molecule has 4 heterocycles. The molecule has 1 aliphatic heterocycles. The van der Waals surface area contributed by atoms with Gasteiger partial charge in [0.25, 0.3) is 0 Å². The van der Waals surface area contributed by atoms with Crippen molar-refractivity contribution in [3.05, 3.63) is 46.9 Å². The molecule has 178 valence electrons. The van der Waals surface area contributed by atoms with Gasteiger partial charge in [-0.2, -0.15) is 0 Å². The molecule has 1 N–H and O–H groups in total. The fourth-order valence-electron chi connectivity index (χ4n) is 4.85. The molecule has 1 amide bonds. The van der Waals surface area contributed by atoms with Crippen molar-refractivity contribution < 1.29 is 9.53 Å². The molecule has 2 aliphatic rings. The first-order valence-electron chi connectivity index (χ1n) is 11.4. The Bertz CT molecular complexity index is 1240. The van der Waals surface area contributed by atoms with E-state index in [0.29, 0.717) is 17.4 Å². The average Bonchev–Trinajstić information content (AvgIpc) is 3.34. The number of rotatable bonds is 6. The molecule has 3 aromatic rings. The highest BCUT2D eigenvalue weighted by Crippen LogP contribution is 2.54. The molecule has 3 aromatic heterocycles. The van der Waals surface area contributed by atoms with Crippen LogP contribution in [0.5, 0.6) is 5.88 Å². The Kier molecular flexibility index (Phi) is 5.67. The van der Waals surface area contributed by atoms with E-state index in [4.69, 9.17) is 21.3 Å². The van der Waals surface area contributed by atoms with Gasteiger partial charge in [-0.1, -0.05) is 16.8 Å². The maximum atomic E-state index is 13.4. The number of hydrogen-bond donors (Lipinski definition) is 1.